The molecule has 0 aromatic carbocycles. The fourth-order valence-electron chi connectivity index (χ4n) is 0.969. The third-order valence-electron chi connectivity index (χ3n) is 1.61. The van der Waals surface area contributed by atoms with Gasteiger partial charge in [0.2, 0.25) is 6.10 Å². The predicted molar refractivity (Wildman–Crippen MR) is 37.7 cm³/mol. The number of amides is 1. The topological polar surface area (TPSA) is 53.3 Å². The van der Waals surface area contributed by atoms with E-state index in [0.29, 0.717) is 6.54 Å². The molecule has 1 aliphatic heterocycles. The summed E-state index contributed by atoms with van der Waals surface area (Å²) in [6.07, 6.45) is -0.962. The second-order valence-electron chi connectivity index (χ2n) is 2.75. The highest BCUT2D eigenvalue weighted by Crippen LogP contribution is 2.12. The molecule has 0 N–H and O–H groups in total. The fraction of sp³-hybridized carbons (Fsp3) is 0.714. The third kappa shape index (κ3) is 1.43. The van der Waals surface area contributed by atoms with Crippen molar-refractivity contribution in [2.75, 3.05) is 6.54 Å². The molecule has 1 amide bonds. The Kier molecular flexibility index (Phi) is 1.99. The van der Waals surface area contributed by atoms with Crippen LogP contribution in [0.4, 0.5) is 4.79 Å². The van der Waals surface area contributed by atoms with Crippen molar-refractivity contribution in [3.8, 4) is 6.07 Å². The fourth-order valence-corrected chi connectivity index (χ4v) is 0.969. The molecular weight excluding hydrogens is 144 g/mol. The van der Waals surface area contributed by atoms with Crippen molar-refractivity contribution >= 4 is 6.09 Å². The van der Waals surface area contributed by atoms with E-state index in [9.17, 15) is 4.79 Å². The number of hydrogen-bond donors (Lipinski definition) is 0. The van der Waals surface area contributed by atoms with Crippen molar-refractivity contribution in [3.63, 3.8) is 0 Å². The van der Waals surface area contributed by atoms with Crippen molar-refractivity contribution in [1.82, 2.24) is 4.90 Å². The number of carbonyl (C=O) groups is 1. The summed E-state index contributed by atoms with van der Waals surface area (Å²) in [7, 11) is 0. The van der Waals surface area contributed by atoms with Gasteiger partial charge in [0.15, 0.2) is 0 Å². The molecule has 0 aliphatic carbocycles. The number of nitriles is 1. The van der Waals surface area contributed by atoms with E-state index < -0.39 is 6.10 Å². The molecule has 0 aromatic rings. The highest BCUT2D eigenvalue weighted by atomic mass is 16.6. The van der Waals surface area contributed by atoms with Crippen LogP contribution < -0.4 is 0 Å². The van der Waals surface area contributed by atoms with E-state index in [1.807, 2.05) is 19.9 Å². The van der Waals surface area contributed by atoms with Gasteiger partial charge in [-0.15, -0.1) is 0 Å². The molecule has 0 bridgehead atoms. The first kappa shape index (κ1) is 7.86. The Balaban J connectivity index is 2.60. The van der Waals surface area contributed by atoms with Crippen molar-refractivity contribution < 1.29 is 9.53 Å². The number of carbonyl (C=O) groups excluding carboxylic acids is 1. The average molecular weight is 154 g/mol. The van der Waals surface area contributed by atoms with Crippen LogP contribution in [0.1, 0.15) is 13.8 Å². The van der Waals surface area contributed by atoms with Gasteiger partial charge in [-0.3, -0.25) is 0 Å². The molecule has 1 unspecified atom stereocenters. The Morgan fingerprint density at radius 2 is 2.45 bits per heavy atom. The molecule has 1 saturated heterocycles. The van der Waals surface area contributed by atoms with Crippen LogP contribution in [-0.2, 0) is 4.74 Å². The van der Waals surface area contributed by atoms with Crippen LogP contribution in [0, 0.1) is 11.3 Å². The summed E-state index contributed by atoms with van der Waals surface area (Å²) in [6, 6.07) is 2.01. The first-order valence-electron chi connectivity index (χ1n) is 3.52. The molecule has 1 atom stereocenters. The largest absolute Gasteiger partial charge is 0.429 e. The van der Waals surface area contributed by atoms with E-state index in [-0.39, 0.29) is 12.1 Å². The lowest BCUT2D eigenvalue weighted by Crippen LogP contribution is -2.31. The zero-order chi connectivity index (χ0) is 8.43. The maximum atomic E-state index is 10.9. The molecule has 1 rings (SSSR count). The maximum Gasteiger partial charge on any atom is 0.411 e. The van der Waals surface area contributed by atoms with Crippen LogP contribution in [0.3, 0.4) is 0 Å². The van der Waals surface area contributed by atoms with Gasteiger partial charge in [0, 0.05) is 6.04 Å². The highest BCUT2D eigenvalue weighted by Gasteiger charge is 2.32. The van der Waals surface area contributed by atoms with Gasteiger partial charge in [-0.1, -0.05) is 0 Å². The SMILES string of the molecule is CC(C)N1CC(C#N)OC1=O. The smallest absolute Gasteiger partial charge is 0.411 e. The molecule has 1 aliphatic rings. The first-order chi connectivity index (χ1) is 5.15. The standard InChI is InChI=1S/C7H10N2O2/c1-5(2)9-4-6(3-8)11-7(9)10/h5-6H,4H2,1-2H3. The van der Waals surface area contributed by atoms with Crippen molar-refractivity contribution in [2.45, 2.75) is 26.0 Å². The molecule has 11 heavy (non-hydrogen) atoms. The molecular formula is C7H10N2O2. The van der Waals surface area contributed by atoms with Crippen LogP contribution in [0.15, 0.2) is 0 Å². The highest BCUT2D eigenvalue weighted by molar-refractivity contribution is 5.70. The van der Waals surface area contributed by atoms with Crippen LogP contribution >= 0.6 is 0 Å². The normalized spacial score (nSPS) is 23.6. The lowest BCUT2D eigenvalue weighted by atomic mass is 10.3. The molecule has 4 heteroatoms. The van der Waals surface area contributed by atoms with E-state index in [2.05, 4.69) is 0 Å². The van der Waals surface area contributed by atoms with Gasteiger partial charge >= 0.3 is 6.09 Å². The van der Waals surface area contributed by atoms with E-state index in [0.717, 1.165) is 0 Å². The Bertz CT molecular complexity index is 207. The van der Waals surface area contributed by atoms with Crippen LogP contribution in [-0.4, -0.2) is 29.7 Å². The van der Waals surface area contributed by atoms with Gasteiger partial charge < -0.3 is 9.64 Å². The number of ether oxygens (including phenoxy) is 1. The second-order valence-corrected chi connectivity index (χ2v) is 2.75. The third-order valence-corrected chi connectivity index (χ3v) is 1.61. The lowest BCUT2D eigenvalue weighted by Gasteiger charge is -2.15. The Morgan fingerprint density at radius 3 is 2.73 bits per heavy atom. The predicted octanol–water partition coefficient (Wildman–Crippen LogP) is 0.739. The zero-order valence-corrected chi connectivity index (χ0v) is 6.57. The molecule has 1 heterocycles. The quantitative estimate of drug-likeness (QED) is 0.559. The lowest BCUT2D eigenvalue weighted by molar-refractivity contribution is 0.142. The molecule has 1 fully saturated rings. The Morgan fingerprint density at radius 1 is 1.82 bits per heavy atom. The monoisotopic (exact) mass is 154 g/mol. The summed E-state index contributed by atoms with van der Waals surface area (Å²) in [5.41, 5.74) is 0. The summed E-state index contributed by atoms with van der Waals surface area (Å²) >= 11 is 0. The van der Waals surface area contributed by atoms with Gasteiger partial charge in [-0.05, 0) is 13.8 Å². The molecule has 4 nitrogen and oxygen atoms in total. The minimum Gasteiger partial charge on any atom is -0.429 e. The number of nitrogens with zero attached hydrogens (tertiary/aromatic N) is 2. The second kappa shape index (κ2) is 2.79. The van der Waals surface area contributed by atoms with Crippen LogP contribution in [0.25, 0.3) is 0 Å². The van der Waals surface area contributed by atoms with Gasteiger partial charge in [0.05, 0.1) is 6.54 Å². The Labute approximate surface area is 65.4 Å². The molecule has 0 radical (unpaired) electrons. The average Bonchev–Trinajstić information content (AvgIpc) is 2.30. The summed E-state index contributed by atoms with van der Waals surface area (Å²) in [5, 5.41) is 8.43. The summed E-state index contributed by atoms with van der Waals surface area (Å²) in [5.74, 6) is 0. The van der Waals surface area contributed by atoms with Gasteiger partial charge in [-0.2, -0.15) is 5.26 Å². The number of cyclic esters (lactones) is 1. The summed E-state index contributed by atoms with van der Waals surface area (Å²) < 4.78 is 4.71. The summed E-state index contributed by atoms with van der Waals surface area (Å²) in [6.45, 7) is 4.18. The van der Waals surface area contributed by atoms with Gasteiger partial charge in [0.1, 0.15) is 6.07 Å². The van der Waals surface area contributed by atoms with Gasteiger partial charge in [0.25, 0.3) is 0 Å². The van der Waals surface area contributed by atoms with Crippen molar-refractivity contribution in [3.05, 3.63) is 0 Å². The molecule has 0 aromatic heterocycles. The molecule has 0 spiro atoms. The van der Waals surface area contributed by atoms with E-state index in [4.69, 9.17) is 10.00 Å². The summed E-state index contributed by atoms with van der Waals surface area (Å²) in [4.78, 5) is 12.5. The minimum absolute atomic E-state index is 0.112. The van der Waals surface area contributed by atoms with Crippen LogP contribution in [0.2, 0.25) is 0 Å². The Hall–Kier alpha value is -1.24. The number of rotatable bonds is 1. The van der Waals surface area contributed by atoms with Crippen molar-refractivity contribution in [1.29, 1.82) is 5.26 Å². The minimum atomic E-state index is -0.579. The molecule has 60 valence electrons. The van der Waals surface area contributed by atoms with Crippen molar-refractivity contribution in [2.24, 2.45) is 0 Å². The van der Waals surface area contributed by atoms with Gasteiger partial charge in [-0.25, -0.2) is 4.79 Å². The zero-order valence-electron chi connectivity index (χ0n) is 6.57. The van der Waals surface area contributed by atoms with E-state index >= 15 is 0 Å². The maximum absolute atomic E-state index is 10.9. The first-order valence-corrected chi connectivity index (χ1v) is 3.52. The number of hydrogen-bond acceptors (Lipinski definition) is 3. The molecule has 0 saturated carbocycles. The van der Waals surface area contributed by atoms with Crippen LogP contribution in [0.5, 0.6) is 0 Å². The van der Waals surface area contributed by atoms with E-state index in [1.165, 1.54) is 4.90 Å². The van der Waals surface area contributed by atoms with E-state index in [1.54, 1.807) is 0 Å².